The maximum Gasteiger partial charge on any atom is 0.220 e. The molecule has 19 heavy (non-hydrogen) atoms. The Morgan fingerprint density at radius 2 is 1.79 bits per heavy atom. The lowest BCUT2D eigenvalue weighted by molar-refractivity contribution is -0.123. The zero-order valence-corrected chi connectivity index (χ0v) is 12.2. The summed E-state index contributed by atoms with van der Waals surface area (Å²) in [6.07, 6.45) is 2.95. The van der Waals surface area contributed by atoms with Gasteiger partial charge in [0.15, 0.2) is 0 Å². The molecular weight excluding hydrogens is 238 g/mol. The van der Waals surface area contributed by atoms with Crippen molar-refractivity contribution in [2.24, 2.45) is 0 Å². The molecule has 0 saturated heterocycles. The Balaban J connectivity index is 2.45. The van der Waals surface area contributed by atoms with E-state index in [0.717, 1.165) is 19.3 Å². The summed E-state index contributed by atoms with van der Waals surface area (Å²) in [6, 6.07) is 8.38. The van der Waals surface area contributed by atoms with E-state index in [-0.39, 0.29) is 12.5 Å². The second-order valence-electron chi connectivity index (χ2n) is 5.29. The van der Waals surface area contributed by atoms with Gasteiger partial charge in [-0.2, -0.15) is 0 Å². The molecule has 1 unspecified atom stereocenters. The average Bonchev–Trinajstić information content (AvgIpc) is 2.45. The van der Waals surface area contributed by atoms with E-state index in [1.165, 1.54) is 11.1 Å². The number of aliphatic hydroxyl groups is 1. The SMILES string of the molecule is CCc1ccc(CCC(=O)NC(C)(CC)CO)cc1. The molecule has 0 aliphatic rings. The van der Waals surface area contributed by atoms with Crippen LogP contribution in [-0.2, 0) is 17.6 Å². The number of carbonyl (C=O) groups is 1. The molecule has 0 aliphatic carbocycles. The smallest absolute Gasteiger partial charge is 0.220 e. The van der Waals surface area contributed by atoms with Crippen molar-refractivity contribution in [2.75, 3.05) is 6.61 Å². The number of rotatable bonds is 7. The second-order valence-corrected chi connectivity index (χ2v) is 5.29. The maximum absolute atomic E-state index is 11.9. The number of hydrogen-bond donors (Lipinski definition) is 2. The summed E-state index contributed by atoms with van der Waals surface area (Å²) in [4.78, 5) is 11.9. The summed E-state index contributed by atoms with van der Waals surface area (Å²) in [6.45, 7) is 5.92. The van der Waals surface area contributed by atoms with Gasteiger partial charge in [-0.05, 0) is 37.3 Å². The standard InChI is InChI=1S/C16H25NO2/c1-4-13-6-8-14(9-7-13)10-11-15(19)17-16(3,5-2)12-18/h6-9,18H,4-5,10-12H2,1-3H3,(H,17,19). The molecule has 0 spiro atoms. The number of amides is 1. The third-order valence-electron chi connectivity index (χ3n) is 3.64. The van der Waals surface area contributed by atoms with Gasteiger partial charge in [0, 0.05) is 6.42 Å². The van der Waals surface area contributed by atoms with Gasteiger partial charge in [0.25, 0.3) is 0 Å². The van der Waals surface area contributed by atoms with E-state index in [1.54, 1.807) is 0 Å². The number of aliphatic hydroxyl groups excluding tert-OH is 1. The molecule has 0 fully saturated rings. The summed E-state index contributed by atoms with van der Waals surface area (Å²) in [7, 11) is 0. The van der Waals surface area contributed by atoms with Crippen molar-refractivity contribution in [2.45, 2.75) is 52.0 Å². The van der Waals surface area contributed by atoms with E-state index in [9.17, 15) is 9.90 Å². The van der Waals surface area contributed by atoms with Gasteiger partial charge < -0.3 is 10.4 Å². The number of nitrogens with one attached hydrogen (secondary N) is 1. The monoisotopic (exact) mass is 263 g/mol. The van der Waals surface area contributed by atoms with Crippen LogP contribution in [0.2, 0.25) is 0 Å². The molecule has 106 valence electrons. The van der Waals surface area contributed by atoms with Crippen LogP contribution in [0, 0.1) is 0 Å². The predicted octanol–water partition coefficient (Wildman–Crippen LogP) is 2.46. The van der Waals surface area contributed by atoms with Crippen molar-refractivity contribution in [3.63, 3.8) is 0 Å². The van der Waals surface area contributed by atoms with Gasteiger partial charge in [0.05, 0.1) is 12.1 Å². The van der Waals surface area contributed by atoms with E-state index in [1.807, 2.05) is 13.8 Å². The summed E-state index contributed by atoms with van der Waals surface area (Å²) in [5.74, 6) is -0.00188. The Kier molecular flexibility index (Phi) is 6.03. The molecule has 0 radical (unpaired) electrons. The second kappa shape index (κ2) is 7.29. The zero-order chi connectivity index (χ0) is 14.3. The molecule has 1 aromatic rings. The minimum absolute atomic E-state index is 0.00188. The largest absolute Gasteiger partial charge is 0.394 e. The summed E-state index contributed by atoms with van der Waals surface area (Å²) in [5, 5.41) is 12.2. The lowest BCUT2D eigenvalue weighted by Crippen LogP contribution is -2.48. The highest BCUT2D eigenvalue weighted by Gasteiger charge is 2.22. The minimum Gasteiger partial charge on any atom is -0.394 e. The van der Waals surface area contributed by atoms with Crippen molar-refractivity contribution >= 4 is 5.91 Å². The molecule has 0 aliphatic heterocycles. The molecule has 1 rings (SSSR count). The lowest BCUT2D eigenvalue weighted by Gasteiger charge is -2.27. The highest BCUT2D eigenvalue weighted by molar-refractivity contribution is 5.77. The van der Waals surface area contributed by atoms with Gasteiger partial charge >= 0.3 is 0 Å². The molecule has 0 saturated carbocycles. The van der Waals surface area contributed by atoms with E-state index in [0.29, 0.717) is 6.42 Å². The fourth-order valence-electron chi connectivity index (χ4n) is 1.84. The van der Waals surface area contributed by atoms with Crippen molar-refractivity contribution in [1.82, 2.24) is 5.32 Å². The van der Waals surface area contributed by atoms with Gasteiger partial charge in [0.1, 0.15) is 0 Å². The molecule has 0 aromatic heterocycles. The van der Waals surface area contributed by atoms with Crippen LogP contribution in [0.4, 0.5) is 0 Å². The maximum atomic E-state index is 11.9. The third kappa shape index (κ3) is 5.03. The van der Waals surface area contributed by atoms with Crippen molar-refractivity contribution in [3.8, 4) is 0 Å². The molecule has 1 aromatic carbocycles. The van der Waals surface area contributed by atoms with Crippen molar-refractivity contribution < 1.29 is 9.90 Å². The number of carbonyl (C=O) groups excluding carboxylic acids is 1. The highest BCUT2D eigenvalue weighted by Crippen LogP contribution is 2.10. The average molecular weight is 263 g/mol. The highest BCUT2D eigenvalue weighted by atomic mass is 16.3. The van der Waals surface area contributed by atoms with E-state index in [2.05, 4.69) is 36.5 Å². The molecule has 3 nitrogen and oxygen atoms in total. The molecule has 3 heteroatoms. The fourth-order valence-corrected chi connectivity index (χ4v) is 1.84. The molecule has 0 bridgehead atoms. The van der Waals surface area contributed by atoms with Crippen LogP contribution < -0.4 is 5.32 Å². The zero-order valence-electron chi connectivity index (χ0n) is 12.2. The molecular formula is C16H25NO2. The lowest BCUT2D eigenvalue weighted by atomic mass is 9.99. The minimum atomic E-state index is -0.497. The first-order valence-electron chi connectivity index (χ1n) is 7.02. The molecule has 2 N–H and O–H groups in total. The number of benzene rings is 1. The molecule has 1 atom stereocenters. The van der Waals surface area contributed by atoms with Gasteiger partial charge in [0.2, 0.25) is 5.91 Å². The van der Waals surface area contributed by atoms with Crippen LogP contribution in [0.5, 0.6) is 0 Å². The van der Waals surface area contributed by atoms with Gasteiger partial charge in [-0.25, -0.2) is 0 Å². The van der Waals surface area contributed by atoms with Crippen LogP contribution in [-0.4, -0.2) is 23.2 Å². The van der Waals surface area contributed by atoms with E-state index >= 15 is 0 Å². The number of hydrogen-bond acceptors (Lipinski definition) is 2. The fraction of sp³-hybridized carbons (Fsp3) is 0.562. The van der Waals surface area contributed by atoms with Gasteiger partial charge in [-0.3, -0.25) is 4.79 Å². The van der Waals surface area contributed by atoms with Crippen LogP contribution >= 0.6 is 0 Å². The Labute approximate surface area is 116 Å². The van der Waals surface area contributed by atoms with Crippen LogP contribution in [0.3, 0.4) is 0 Å². The van der Waals surface area contributed by atoms with Crippen molar-refractivity contribution in [1.29, 1.82) is 0 Å². The first kappa shape index (κ1) is 15.7. The van der Waals surface area contributed by atoms with Crippen LogP contribution in [0.1, 0.15) is 44.7 Å². The summed E-state index contributed by atoms with van der Waals surface area (Å²) in [5.41, 5.74) is 1.99. The summed E-state index contributed by atoms with van der Waals surface area (Å²) < 4.78 is 0. The van der Waals surface area contributed by atoms with E-state index < -0.39 is 5.54 Å². The Morgan fingerprint density at radius 1 is 1.21 bits per heavy atom. The Bertz CT molecular complexity index is 394. The quantitative estimate of drug-likeness (QED) is 0.794. The topological polar surface area (TPSA) is 49.3 Å². The van der Waals surface area contributed by atoms with E-state index in [4.69, 9.17) is 0 Å². The van der Waals surface area contributed by atoms with Crippen LogP contribution in [0.15, 0.2) is 24.3 Å². The van der Waals surface area contributed by atoms with Gasteiger partial charge in [-0.15, -0.1) is 0 Å². The van der Waals surface area contributed by atoms with Crippen molar-refractivity contribution in [3.05, 3.63) is 35.4 Å². The molecule has 0 heterocycles. The first-order chi connectivity index (χ1) is 9.03. The third-order valence-corrected chi connectivity index (χ3v) is 3.64. The van der Waals surface area contributed by atoms with Gasteiger partial charge in [-0.1, -0.05) is 38.1 Å². The normalized spacial score (nSPS) is 13.9. The Hall–Kier alpha value is -1.35. The Morgan fingerprint density at radius 3 is 2.26 bits per heavy atom. The molecule has 1 amide bonds. The number of aryl methyl sites for hydroxylation is 2. The summed E-state index contributed by atoms with van der Waals surface area (Å²) >= 11 is 0. The first-order valence-corrected chi connectivity index (χ1v) is 7.02. The van der Waals surface area contributed by atoms with Crippen LogP contribution in [0.25, 0.3) is 0 Å². The predicted molar refractivity (Wildman–Crippen MR) is 78.1 cm³/mol.